The largest absolute Gasteiger partial charge is 0.445 e. The summed E-state index contributed by atoms with van der Waals surface area (Å²) < 4.78 is 59.9. The van der Waals surface area contributed by atoms with E-state index in [0.29, 0.717) is 37.4 Å². The van der Waals surface area contributed by atoms with Crippen LogP contribution in [0.2, 0.25) is 0 Å². The van der Waals surface area contributed by atoms with Crippen molar-refractivity contribution < 1.29 is 31.8 Å². The number of alkyl halides is 4. The van der Waals surface area contributed by atoms with Crippen LogP contribution in [0.1, 0.15) is 69.8 Å². The smallest absolute Gasteiger partial charge is 0.426 e. The Bertz CT molecular complexity index is 853. The molecule has 186 valence electrons. The van der Waals surface area contributed by atoms with Crippen molar-refractivity contribution >= 4 is 5.97 Å². The molecule has 1 aromatic carbocycles. The Morgan fingerprint density at radius 3 is 2.29 bits per heavy atom. The molecule has 1 aromatic rings. The molecule has 0 saturated heterocycles. The van der Waals surface area contributed by atoms with E-state index in [9.17, 15) is 22.4 Å². The molecular weight excluding hydrogens is 448 g/mol. The fourth-order valence-corrected chi connectivity index (χ4v) is 4.62. The number of allylic oxidation sites excluding steroid dienone is 1. The van der Waals surface area contributed by atoms with Gasteiger partial charge in [-0.05, 0) is 94.4 Å². The lowest BCUT2D eigenvalue weighted by Gasteiger charge is -2.27. The maximum Gasteiger partial charge on any atom is 0.445 e. The van der Waals surface area contributed by atoms with Gasteiger partial charge in [-0.2, -0.15) is 13.2 Å². The zero-order valence-corrected chi connectivity index (χ0v) is 19.3. The van der Waals surface area contributed by atoms with Crippen LogP contribution in [-0.2, 0) is 9.53 Å². The third-order valence-electron chi connectivity index (χ3n) is 6.70. The summed E-state index contributed by atoms with van der Waals surface area (Å²) in [6.07, 6.45) is 0.796. The first-order chi connectivity index (χ1) is 16.2. The van der Waals surface area contributed by atoms with Crippen LogP contribution in [0.5, 0.6) is 5.75 Å². The molecule has 0 aliphatic heterocycles. The zero-order valence-electron chi connectivity index (χ0n) is 19.3. The lowest BCUT2D eigenvalue weighted by atomic mass is 9.80. The van der Waals surface area contributed by atoms with Crippen molar-refractivity contribution in [1.82, 2.24) is 0 Å². The number of halogens is 4. The third-order valence-corrected chi connectivity index (χ3v) is 6.70. The van der Waals surface area contributed by atoms with Crippen LogP contribution in [-0.4, -0.2) is 24.6 Å². The summed E-state index contributed by atoms with van der Waals surface area (Å²) in [5, 5.41) is 0. The van der Waals surface area contributed by atoms with Crippen molar-refractivity contribution in [2.24, 2.45) is 17.8 Å². The SMILES string of the molecule is C=CCCC1CCC(C(=O)Oc2ccc(C#C[C@H]3CC[C@H](OC(F)C(F)(F)F)CC3)cc2)CC1. The molecule has 0 heterocycles. The molecule has 2 fully saturated rings. The number of benzene rings is 1. The second-order valence-corrected chi connectivity index (χ2v) is 9.27. The van der Waals surface area contributed by atoms with Gasteiger partial charge in [0.25, 0.3) is 6.36 Å². The summed E-state index contributed by atoms with van der Waals surface area (Å²) >= 11 is 0. The second kappa shape index (κ2) is 12.4. The van der Waals surface area contributed by atoms with E-state index in [4.69, 9.17) is 4.74 Å². The fourth-order valence-electron chi connectivity index (χ4n) is 4.62. The van der Waals surface area contributed by atoms with Crippen molar-refractivity contribution in [2.45, 2.75) is 82.8 Å². The minimum absolute atomic E-state index is 0.0305. The Morgan fingerprint density at radius 2 is 1.71 bits per heavy atom. The van der Waals surface area contributed by atoms with Gasteiger partial charge in [-0.25, -0.2) is 4.39 Å². The third kappa shape index (κ3) is 8.16. The van der Waals surface area contributed by atoms with Gasteiger partial charge in [0.05, 0.1) is 12.0 Å². The molecular formula is C27H32F4O3. The summed E-state index contributed by atoms with van der Waals surface area (Å²) in [4.78, 5) is 12.5. The normalized spacial score (nSPS) is 26.1. The Morgan fingerprint density at radius 1 is 1.06 bits per heavy atom. The second-order valence-electron chi connectivity index (χ2n) is 9.27. The number of hydrogen-bond acceptors (Lipinski definition) is 3. The molecule has 34 heavy (non-hydrogen) atoms. The first kappa shape index (κ1) is 26.3. The Balaban J connectivity index is 1.41. The molecule has 0 bridgehead atoms. The van der Waals surface area contributed by atoms with Gasteiger partial charge in [-0.1, -0.05) is 17.9 Å². The summed E-state index contributed by atoms with van der Waals surface area (Å²) in [7, 11) is 0. The Labute approximate surface area is 198 Å². The number of carbonyl (C=O) groups is 1. The zero-order chi connectivity index (χ0) is 24.6. The van der Waals surface area contributed by atoms with Crippen LogP contribution < -0.4 is 4.74 Å². The summed E-state index contributed by atoms with van der Waals surface area (Å²) in [5.41, 5.74) is 0.766. The Kier molecular flexibility index (Phi) is 9.58. The first-order valence-electron chi connectivity index (χ1n) is 12.0. The monoisotopic (exact) mass is 480 g/mol. The van der Waals surface area contributed by atoms with Gasteiger partial charge in [0, 0.05) is 11.5 Å². The molecule has 0 spiro atoms. The number of rotatable bonds is 7. The summed E-state index contributed by atoms with van der Waals surface area (Å²) in [6, 6.07) is 7.02. The van der Waals surface area contributed by atoms with Crippen LogP contribution in [0.25, 0.3) is 0 Å². The molecule has 1 atom stereocenters. The molecule has 2 saturated carbocycles. The highest BCUT2D eigenvalue weighted by molar-refractivity contribution is 5.75. The van der Waals surface area contributed by atoms with Gasteiger partial charge >= 0.3 is 12.1 Å². The lowest BCUT2D eigenvalue weighted by Crippen LogP contribution is -2.33. The number of carbonyl (C=O) groups excluding carboxylic acids is 1. The molecule has 0 amide bonds. The van der Waals surface area contributed by atoms with Crippen molar-refractivity contribution in [1.29, 1.82) is 0 Å². The molecule has 0 N–H and O–H groups in total. The lowest BCUT2D eigenvalue weighted by molar-refractivity contribution is -0.279. The molecule has 2 aliphatic rings. The van der Waals surface area contributed by atoms with Crippen LogP contribution >= 0.6 is 0 Å². The summed E-state index contributed by atoms with van der Waals surface area (Å²) in [5.74, 6) is 7.16. The van der Waals surface area contributed by atoms with Crippen LogP contribution in [0.4, 0.5) is 17.6 Å². The molecule has 2 aliphatic carbocycles. The average molecular weight is 481 g/mol. The molecule has 3 nitrogen and oxygen atoms in total. The van der Waals surface area contributed by atoms with Crippen molar-refractivity contribution in [2.75, 3.05) is 0 Å². The van der Waals surface area contributed by atoms with E-state index in [1.807, 2.05) is 6.08 Å². The van der Waals surface area contributed by atoms with Gasteiger partial charge < -0.3 is 9.47 Å². The molecule has 1 unspecified atom stereocenters. The maximum atomic E-state index is 13.0. The molecule has 0 radical (unpaired) electrons. The Hall–Kier alpha value is -2.33. The average Bonchev–Trinajstić information content (AvgIpc) is 2.83. The molecule has 3 rings (SSSR count). The van der Waals surface area contributed by atoms with Crippen LogP contribution in [0.3, 0.4) is 0 Å². The van der Waals surface area contributed by atoms with E-state index in [2.05, 4.69) is 23.2 Å². The predicted octanol–water partition coefficient (Wildman–Crippen LogP) is 7.15. The fraction of sp³-hybridized carbons (Fsp3) is 0.593. The van der Waals surface area contributed by atoms with Gasteiger partial charge in [0.1, 0.15) is 5.75 Å². The maximum absolute atomic E-state index is 13.0. The highest BCUT2D eigenvalue weighted by atomic mass is 19.4. The highest BCUT2D eigenvalue weighted by Crippen LogP contribution is 2.33. The molecule has 7 heteroatoms. The topological polar surface area (TPSA) is 35.5 Å². The van der Waals surface area contributed by atoms with Crippen molar-refractivity contribution in [3.63, 3.8) is 0 Å². The molecule has 0 aromatic heterocycles. The van der Waals surface area contributed by atoms with E-state index in [-0.39, 0.29) is 17.8 Å². The predicted molar refractivity (Wildman–Crippen MR) is 122 cm³/mol. The first-order valence-corrected chi connectivity index (χ1v) is 12.0. The van der Waals surface area contributed by atoms with Gasteiger partial charge in [-0.3, -0.25) is 4.79 Å². The van der Waals surface area contributed by atoms with Crippen LogP contribution in [0.15, 0.2) is 36.9 Å². The van der Waals surface area contributed by atoms with Crippen LogP contribution in [0, 0.1) is 29.6 Å². The quantitative estimate of drug-likeness (QED) is 0.137. The van der Waals surface area contributed by atoms with Gasteiger partial charge in [-0.15, -0.1) is 6.58 Å². The van der Waals surface area contributed by atoms with Crippen molar-refractivity contribution in [3.8, 4) is 17.6 Å². The minimum atomic E-state index is -4.98. The number of hydrogen-bond donors (Lipinski definition) is 0. The minimum Gasteiger partial charge on any atom is -0.426 e. The van der Waals surface area contributed by atoms with E-state index < -0.39 is 18.6 Å². The number of esters is 1. The van der Waals surface area contributed by atoms with Gasteiger partial charge in [0.15, 0.2) is 0 Å². The van der Waals surface area contributed by atoms with E-state index in [1.165, 1.54) is 0 Å². The number of ether oxygens (including phenoxy) is 2. The van der Waals surface area contributed by atoms with E-state index in [0.717, 1.165) is 44.1 Å². The highest BCUT2D eigenvalue weighted by Gasteiger charge is 2.43. The van der Waals surface area contributed by atoms with E-state index in [1.54, 1.807) is 24.3 Å². The van der Waals surface area contributed by atoms with E-state index >= 15 is 0 Å². The summed E-state index contributed by atoms with van der Waals surface area (Å²) in [6.45, 7) is 3.76. The van der Waals surface area contributed by atoms with Crippen molar-refractivity contribution in [3.05, 3.63) is 42.5 Å². The standard InChI is InChI=1S/C27H32F4O3/c1-2-3-4-19-7-13-22(14-8-19)25(32)33-23-15-9-20(10-16-23)5-6-21-11-17-24(18-12-21)34-26(28)27(29,30)31/h2,9-10,15-16,19,21-22,24,26H,1,3-4,7-8,11-14,17-18H2/t19?,21-,22?,24-,26?. The van der Waals surface area contributed by atoms with Gasteiger partial charge in [0.2, 0.25) is 0 Å².